The molecule has 3 heterocycles. The molecule has 1 aliphatic rings. The molecule has 0 bridgehead atoms. The molecule has 1 saturated heterocycles. The smallest absolute Gasteiger partial charge is 0.265 e. The maximum absolute atomic E-state index is 12.7. The van der Waals surface area contributed by atoms with Gasteiger partial charge in [0.1, 0.15) is 6.26 Å². The molecule has 3 amide bonds. The third-order valence-electron chi connectivity index (χ3n) is 4.76. The largest absolute Gasteiger partial charge is 0.472 e. The van der Waals surface area contributed by atoms with Crippen LogP contribution in [0.15, 0.2) is 64.8 Å². The van der Waals surface area contributed by atoms with Gasteiger partial charge in [0.15, 0.2) is 0 Å². The minimum absolute atomic E-state index is 0.0864. The van der Waals surface area contributed by atoms with Crippen LogP contribution in [0.1, 0.15) is 30.4 Å². The molecule has 8 heteroatoms. The Balaban J connectivity index is 1.33. The molecule has 4 rings (SSSR count). The Hall–Kier alpha value is -3.39. The lowest BCUT2D eigenvalue weighted by molar-refractivity contribution is 0.0535. The number of rotatable bonds is 4. The van der Waals surface area contributed by atoms with E-state index in [1.165, 1.54) is 23.9 Å². The number of anilines is 1. The molecular formula is C21H19N3O4S. The highest BCUT2D eigenvalue weighted by molar-refractivity contribution is 7.12. The van der Waals surface area contributed by atoms with Crippen LogP contribution in [-0.4, -0.2) is 53.7 Å². The summed E-state index contributed by atoms with van der Waals surface area (Å²) < 4.78 is 4.96. The number of nitrogens with zero attached hydrogens (tertiary/aromatic N) is 2. The zero-order valence-corrected chi connectivity index (χ0v) is 16.4. The van der Waals surface area contributed by atoms with Crippen molar-refractivity contribution in [3.63, 3.8) is 0 Å². The van der Waals surface area contributed by atoms with Crippen LogP contribution in [0.5, 0.6) is 0 Å². The number of benzene rings is 1. The second-order valence-electron chi connectivity index (χ2n) is 6.61. The van der Waals surface area contributed by atoms with Gasteiger partial charge in [0.05, 0.1) is 16.7 Å². The van der Waals surface area contributed by atoms with Crippen molar-refractivity contribution < 1.29 is 18.8 Å². The molecule has 1 aromatic carbocycles. The van der Waals surface area contributed by atoms with E-state index in [-0.39, 0.29) is 17.7 Å². The topological polar surface area (TPSA) is 82.9 Å². The van der Waals surface area contributed by atoms with Crippen molar-refractivity contribution in [2.45, 2.75) is 0 Å². The van der Waals surface area contributed by atoms with Gasteiger partial charge >= 0.3 is 0 Å². The Bertz CT molecular complexity index is 989. The van der Waals surface area contributed by atoms with E-state index in [9.17, 15) is 14.4 Å². The zero-order chi connectivity index (χ0) is 20.2. The fourth-order valence-electron chi connectivity index (χ4n) is 3.16. The Morgan fingerprint density at radius 3 is 2.07 bits per heavy atom. The molecular weight excluding hydrogens is 390 g/mol. The first kappa shape index (κ1) is 18.9. The lowest BCUT2D eigenvalue weighted by atomic mass is 10.1. The Morgan fingerprint density at radius 2 is 1.52 bits per heavy atom. The summed E-state index contributed by atoms with van der Waals surface area (Å²) in [5.74, 6) is -0.342. The molecule has 2 aromatic heterocycles. The predicted molar refractivity (Wildman–Crippen MR) is 109 cm³/mol. The first-order valence-corrected chi connectivity index (χ1v) is 10.1. The van der Waals surface area contributed by atoms with E-state index in [0.717, 1.165) is 0 Å². The van der Waals surface area contributed by atoms with Crippen molar-refractivity contribution in [3.05, 3.63) is 76.4 Å². The van der Waals surface area contributed by atoms with Gasteiger partial charge < -0.3 is 19.5 Å². The second-order valence-corrected chi connectivity index (χ2v) is 7.55. The molecule has 1 fully saturated rings. The number of carbonyl (C=O) groups excluding carboxylic acids is 3. The van der Waals surface area contributed by atoms with Gasteiger partial charge in [-0.15, -0.1) is 11.3 Å². The van der Waals surface area contributed by atoms with E-state index in [4.69, 9.17) is 4.42 Å². The van der Waals surface area contributed by atoms with Crippen LogP contribution in [0.25, 0.3) is 0 Å². The Labute approximate surface area is 171 Å². The summed E-state index contributed by atoms with van der Waals surface area (Å²) in [5, 5.41) is 4.66. The Morgan fingerprint density at radius 1 is 0.862 bits per heavy atom. The third-order valence-corrected chi connectivity index (χ3v) is 5.63. The van der Waals surface area contributed by atoms with Gasteiger partial charge in [-0.2, -0.15) is 0 Å². The highest BCUT2D eigenvalue weighted by Crippen LogP contribution is 2.16. The molecule has 29 heavy (non-hydrogen) atoms. The van der Waals surface area contributed by atoms with E-state index < -0.39 is 0 Å². The fraction of sp³-hybridized carbons (Fsp3) is 0.190. The van der Waals surface area contributed by atoms with Gasteiger partial charge in [0.25, 0.3) is 17.7 Å². The molecule has 1 aliphatic heterocycles. The van der Waals surface area contributed by atoms with Crippen molar-refractivity contribution in [1.82, 2.24) is 9.80 Å². The lowest BCUT2D eigenvalue weighted by Gasteiger charge is -2.34. The van der Waals surface area contributed by atoms with Crippen LogP contribution < -0.4 is 5.32 Å². The van der Waals surface area contributed by atoms with E-state index in [1.54, 1.807) is 46.2 Å². The highest BCUT2D eigenvalue weighted by Gasteiger charge is 2.26. The second kappa shape index (κ2) is 8.32. The van der Waals surface area contributed by atoms with Crippen LogP contribution in [0.3, 0.4) is 0 Å². The molecule has 0 spiro atoms. The van der Waals surface area contributed by atoms with E-state index in [2.05, 4.69) is 5.32 Å². The summed E-state index contributed by atoms with van der Waals surface area (Å²) in [6.45, 7) is 1.90. The van der Waals surface area contributed by atoms with Crippen LogP contribution >= 0.6 is 11.3 Å². The molecule has 7 nitrogen and oxygen atoms in total. The van der Waals surface area contributed by atoms with Crippen LogP contribution in [0.4, 0.5) is 5.69 Å². The maximum Gasteiger partial charge on any atom is 0.265 e. The molecule has 148 valence electrons. The summed E-state index contributed by atoms with van der Waals surface area (Å²) in [6.07, 6.45) is 2.90. The third kappa shape index (κ3) is 4.22. The maximum atomic E-state index is 12.7. The standard InChI is InChI=1S/C21H19N3O4S/c25-19(18-2-1-13-29-18)22-17-5-3-15(4-6-17)20(26)23-8-10-24(11-9-23)21(27)16-7-12-28-14-16/h1-7,12-14H,8-11H2,(H,22,25). The molecule has 1 N–H and O–H groups in total. The summed E-state index contributed by atoms with van der Waals surface area (Å²) in [4.78, 5) is 41.3. The predicted octanol–water partition coefficient (Wildman–Crippen LogP) is 3.19. The summed E-state index contributed by atoms with van der Waals surface area (Å²) in [7, 11) is 0. The van der Waals surface area contributed by atoms with E-state index in [0.29, 0.717) is 47.9 Å². The highest BCUT2D eigenvalue weighted by atomic mass is 32.1. The van der Waals surface area contributed by atoms with E-state index in [1.807, 2.05) is 11.4 Å². The monoisotopic (exact) mass is 409 g/mol. The summed E-state index contributed by atoms with van der Waals surface area (Å²) >= 11 is 1.37. The summed E-state index contributed by atoms with van der Waals surface area (Å²) in [6, 6.07) is 12.1. The van der Waals surface area contributed by atoms with Crippen LogP contribution in [0.2, 0.25) is 0 Å². The molecule has 3 aromatic rings. The molecule has 0 unspecified atom stereocenters. The minimum atomic E-state index is -0.169. The van der Waals surface area contributed by atoms with Crippen LogP contribution in [0, 0.1) is 0 Å². The van der Waals surface area contributed by atoms with Gasteiger partial charge in [-0.3, -0.25) is 14.4 Å². The van der Waals surface area contributed by atoms with Crippen molar-refractivity contribution in [1.29, 1.82) is 0 Å². The number of hydrogen-bond acceptors (Lipinski definition) is 5. The molecule has 0 saturated carbocycles. The van der Waals surface area contributed by atoms with Gasteiger partial charge in [-0.05, 0) is 41.8 Å². The number of hydrogen-bond donors (Lipinski definition) is 1. The normalized spacial score (nSPS) is 13.9. The first-order chi connectivity index (χ1) is 14.1. The number of piperazine rings is 1. The van der Waals surface area contributed by atoms with Gasteiger partial charge in [0.2, 0.25) is 0 Å². The molecule has 0 aliphatic carbocycles. The van der Waals surface area contributed by atoms with E-state index >= 15 is 0 Å². The lowest BCUT2D eigenvalue weighted by Crippen LogP contribution is -2.50. The van der Waals surface area contributed by atoms with Crippen molar-refractivity contribution in [3.8, 4) is 0 Å². The number of amides is 3. The average Bonchev–Trinajstić information content (AvgIpc) is 3.48. The number of carbonyl (C=O) groups is 3. The first-order valence-electron chi connectivity index (χ1n) is 9.17. The van der Waals surface area contributed by atoms with Gasteiger partial charge in [-0.25, -0.2) is 0 Å². The van der Waals surface area contributed by atoms with Crippen molar-refractivity contribution in [2.75, 3.05) is 31.5 Å². The molecule has 0 atom stereocenters. The number of furan rings is 1. The summed E-state index contributed by atoms with van der Waals surface area (Å²) in [5.41, 5.74) is 1.70. The quantitative estimate of drug-likeness (QED) is 0.717. The zero-order valence-electron chi connectivity index (χ0n) is 15.5. The average molecular weight is 409 g/mol. The van der Waals surface area contributed by atoms with Crippen LogP contribution in [-0.2, 0) is 0 Å². The Kier molecular flexibility index (Phi) is 5.44. The SMILES string of the molecule is O=C(Nc1ccc(C(=O)N2CCN(C(=O)c3ccoc3)CC2)cc1)c1cccs1. The van der Waals surface area contributed by atoms with Crippen molar-refractivity contribution in [2.24, 2.45) is 0 Å². The van der Waals surface area contributed by atoms with Gasteiger partial charge in [-0.1, -0.05) is 6.07 Å². The fourth-order valence-corrected chi connectivity index (χ4v) is 3.78. The minimum Gasteiger partial charge on any atom is -0.472 e. The number of nitrogens with one attached hydrogen (secondary N) is 1. The van der Waals surface area contributed by atoms with Crippen molar-refractivity contribution >= 4 is 34.7 Å². The molecule has 0 radical (unpaired) electrons. The van der Waals surface area contributed by atoms with Gasteiger partial charge in [0, 0.05) is 37.4 Å². The number of thiophene rings is 1.